The highest BCUT2D eigenvalue weighted by Gasteiger charge is 2.21. The number of nitrogens with zero attached hydrogens (tertiary/aromatic N) is 4. The number of anilines is 1. The maximum atomic E-state index is 13.1. The number of amides is 2. The Morgan fingerprint density at radius 2 is 1.78 bits per heavy atom. The number of nitrogens with one attached hydrogen (secondary N) is 2. The second-order valence-electron chi connectivity index (χ2n) is 8.27. The van der Waals surface area contributed by atoms with Crippen molar-refractivity contribution in [3.05, 3.63) is 107 Å². The molecular weight excluding hydrogens is 472 g/mol. The highest BCUT2D eigenvalue weighted by molar-refractivity contribution is 6.00. The summed E-state index contributed by atoms with van der Waals surface area (Å²) >= 11 is 0. The lowest BCUT2D eigenvalue weighted by atomic mass is 10.0. The van der Waals surface area contributed by atoms with Gasteiger partial charge in [-0.2, -0.15) is 4.68 Å². The molecule has 0 aliphatic rings. The number of carbonyl (C=O) groups excluding carboxylic acids is 2. The van der Waals surface area contributed by atoms with Gasteiger partial charge in [0.2, 0.25) is 11.8 Å². The Hall–Kier alpha value is -5.12. The fourth-order valence-electron chi connectivity index (χ4n) is 3.66. The SMILES string of the molecule is Cc1ccc(-n2cnnn2)c(/C=C/C(=O)N[C@@H](Cc2ccccc2)C(=O)Nc2ccc(C(=O)O)cc2)c1. The zero-order valence-corrected chi connectivity index (χ0v) is 19.9. The van der Waals surface area contributed by atoms with Crippen molar-refractivity contribution in [2.45, 2.75) is 19.4 Å². The molecule has 4 aromatic rings. The molecule has 3 aromatic carbocycles. The third-order valence-corrected chi connectivity index (χ3v) is 5.51. The third-order valence-electron chi connectivity index (χ3n) is 5.51. The van der Waals surface area contributed by atoms with Gasteiger partial charge in [0.1, 0.15) is 12.4 Å². The Kier molecular flexibility index (Phi) is 7.79. The summed E-state index contributed by atoms with van der Waals surface area (Å²) in [5.74, 6) is -1.95. The summed E-state index contributed by atoms with van der Waals surface area (Å²) in [6.07, 6.45) is 4.72. The lowest BCUT2D eigenvalue weighted by molar-refractivity contribution is -0.123. The quantitative estimate of drug-likeness (QED) is 0.303. The van der Waals surface area contributed by atoms with E-state index in [2.05, 4.69) is 26.2 Å². The summed E-state index contributed by atoms with van der Waals surface area (Å²) in [6, 6.07) is 19.9. The van der Waals surface area contributed by atoms with Crippen molar-refractivity contribution in [3.63, 3.8) is 0 Å². The van der Waals surface area contributed by atoms with Crippen LogP contribution in [0.1, 0.15) is 27.0 Å². The van der Waals surface area contributed by atoms with Gasteiger partial charge in [-0.1, -0.05) is 42.0 Å². The number of tetrazole rings is 1. The van der Waals surface area contributed by atoms with Crippen LogP contribution in [-0.2, 0) is 16.0 Å². The fraction of sp³-hybridized carbons (Fsp3) is 0.111. The Morgan fingerprint density at radius 1 is 1.03 bits per heavy atom. The molecule has 0 unspecified atom stereocenters. The third kappa shape index (κ3) is 6.73. The van der Waals surface area contributed by atoms with Gasteiger partial charge in [0.15, 0.2) is 0 Å². The van der Waals surface area contributed by atoms with Crippen LogP contribution >= 0.6 is 0 Å². The molecular formula is C27H24N6O4. The van der Waals surface area contributed by atoms with E-state index < -0.39 is 23.8 Å². The molecule has 1 atom stereocenters. The zero-order valence-electron chi connectivity index (χ0n) is 19.9. The number of hydrogen-bond acceptors (Lipinski definition) is 6. The summed E-state index contributed by atoms with van der Waals surface area (Å²) in [7, 11) is 0. The van der Waals surface area contributed by atoms with Crippen molar-refractivity contribution in [2.24, 2.45) is 0 Å². The number of benzene rings is 3. The first-order valence-electron chi connectivity index (χ1n) is 11.4. The molecule has 186 valence electrons. The molecule has 1 heterocycles. The molecule has 0 spiro atoms. The molecule has 0 saturated carbocycles. The lowest BCUT2D eigenvalue weighted by Crippen LogP contribution is -2.44. The smallest absolute Gasteiger partial charge is 0.335 e. The van der Waals surface area contributed by atoms with Gasteiger partial charge >= 0.3 is 5.97 Å². The maximum absolute atomic E-state index is 13.1. The number of carboxylic acid groups (broad SMARTS) is 1. The Bertz CT molecular complexity index is 1420. The molecule has 0 aliphatic heterocycles. The van der Waals surface area contributed by atoms with Gasteiger partial charge in [-0.15, -0.1) is 5.10 Å². The first-order chi connectivity index (χ1) is 17.9. The minimum absolute atomic E-state index is 0.106. The predicted octanol–water partition coefficient (Wildman–Crippen LogP) is 3.05. The first kappa shape index (κ1) is 25.0. The van der Waals surface area contributed by atoms with Crippen LogP contribution in [0.15, 0.2) is 85.2 Å². The molecule has 1 aromatic heterocycles. The van der Waals surface area contributed by atoms with Crippen molar-refractivity contribution in [2.75, 3.05) is 5.32 Å². The average molecular weight is 497 g/mol. The van der Waals surface area contributed by atoms with E-state index >= 15 is 0 Å². The van der Waals surface area contributed by atoms with Gasteiger partial charge < -0.3 is 15.7 Å². The van der Waals surface area contributed by atoms with Crippen molar-refractivity contribution in [1.82, 2.24) is 25.5 Å². The van der Waals surface area contributed by atoms with Crippen molar-refractivity contribution in [3.8, 4) is 5.69 Å². The summed E-state index contributed by atoms with van der Waals surface area (Å²) in [4.78, 5) is 37.1. The molecule has 0 aliphatic carbocycles. The maximum Gasteiger partial charge on any atom is 0.335 e. The van der Waals surface area contributed by atoms with Gasteiger partial charge in [0, 0.05) is 23.7 Å². The van der Waals surface area contributed by atoms with E-state index in [4.69, 9.17) is 5.11 Å². The molecule has 2 amide bonds. The number of aryl methyl sites for hydroxylation is 1. The summed E-state index contributed by atoms with van der Waals surface area (Å²) < 4.78 is 1.50. The van der Waals surface area contributed by atoms with Crippen molar-refractivity contribution in [1.29, 1.82) is 0 Å². The normalized spacial score (nSPS) is 11.7. The lowest BCUT2D eigenvalue weighted by Gasteiger charge is -2.18. The van der Waals surface area contributed by atoms with Crippen LogP contribution in [0.4, 0.5) is 5.69 Å². The molecule has 0 saturated heterocycles. The number of rotatable bonds is 9. The van der Waals surface area contributed by atoms with Crippen LogP contribution in [0.3, 0.4) is 0 Å². The van der Waals surface area contributed by atoms with Gasteiger partial charge in [-0.25, -0.2) is 4.79 Å². The zero-order chi connectivity index (χ0) is 26.2. The molecule has 10 nitrogen and oxygen atoms in total. The van der Waals surface area contributed by atoms with E-state index in [9.17, 15) is 14.4 Å². The summed E-state index contributed by atoms with van der Waals surface area (Å²) in [5.41, 5.74) is 3.81. The van der Waals surface area contributed by atoms with E-state index in [1.165, 1.54) is 41.4 Å². The highest BCUT2D eigenvalue weighted by Crippen LogP contribution is 2.17. The largest absolute Gasteiger partial charge is 0.478 e. The Balaban J connectivity index is 1.51. The second kappa shape index (κ2) is 11.5. The van der Waals surface area contributed by atoms with E-state index in [0.29, 0.717) is 11.4 Å². The molecule has 37 heavy (non-hydrogen) atoms. The first-order valence-corrected chi connectivity index (χ1v) is 11.4. The summed E-state index contributed by atoms with van der Waals surface area (Å²) in [6.45, 7) is 1.93. The fourth-order valence-corrected chi connectivity index (χ4v) is 3.66. The highest BCUT2D eigenvalue weighted by atomic mass is 16.4. The monoisotopic (exact) mass is 496 g/mol. The van der Waals surface area contributed by atoms with E-state index in [0.717, 1.165) is 16.7 Å². The average Bonchev–Trinajstić information content (AvgIpc) is 3.43. The summed E-state index contributed by atoms with van der Waals surface area (Å²) in [5, 5.41) is 25.8. The second-order valence-corrected chi connectivity index (χ2v) is 8.27. The van der Waals surface area contributed by atoms with Crippen LogP contribution in [0.2, 0.25) is 0 Å². The number of carbonyl (C=O) groups is 3. The molecule has 10 heteroatoms. The van der Waals surface area contributed by atoms with E-state index in [1.807, 2.05) is 55.5 Å². The van der Waals surface area contributed by atoms with Gasteiger partial charge in [0.05, 0.1) is 11.3 Å². The van der Waals surface area contributed by atoms with Crippen molar-refractivity contribution >= 4 is 29.5 Å². The minimum Gasteiger partial charge on any atom is -0.478 e. The number of aromatic nitrogens is 4. The topological polar surface area (TPSA) is 139 Å². The Morgan fingerprint density at radius 3 is 2.46 bits per heavy atom. The van der Waals surface area contributed by atoms with Crippen molar-refractivity contribution < 1.29 is 19.5 Å². The van der Waals surface area contributed by atoms with E-state index in [1.54, 1.807) is 6.08 Å². The molecule has 0 radical (unpaired) electrons. The van der Waals surface area contributed by atoms with Gasteiger partial charge in [-0.05, 0) is 65.4 Å². The van der Waals surface area contributed by atoms with Gasteiger partial charge in [-0.3, -0.25) is 9.59 Å². The number of hydrogen-bond donors (Lipinski definition) is 3. The number of aromatic carboxylic acids is 1. The minimum atomic E-state index is -1.06. The van der Waals surface area contributed by atoms with Crippen LogP contribution in [0.5, 0.6) is 0 Å². The van der Waals surface area contributed by atoms with Crippen LogP contribution < -0.4 is 10.6 Å². The van der Waals surface area contributed by atoms with Crippen LogP contribution in [-0.4, -0.2) is 49.1 Å². The molecule has 0 bridgehead atoms. The predicted molar refractivity (Wildman–Crippen MR) is 137 cm³/mol. The van der Waals surface area contributed by atoms with Crippen LogP contribution in [0.25, 0.3) is 11.8 Å². The molecule has 0 fully saturated rings. The molecule has 4 rings (SSSR count). The standard InChI is InChI=1S/C27H24N6O4/c1-18-7-13-24(33-17-28-31-32-33)21(15-18)10-14-25(34)30-23(16-19-5-3-2-4-6-19)26(35)29-22-11-8-20(9-12-22)27(36)37/h2-15,17,23H,16H2,1H3,(H,29,35)(H,30,34)(H,36,37)/b14-10+/t23-/m0/s1. The van der Waals surface area contributed by atoms with Gasteiger partial charge in [0.25, 0.3) is 0 Å². The number of carboxylic acids is 1. The Labute approximate surface area is 212 Å². The molecule has 3 N–H and O–H groups in total. The van der Waals surface area contributed by atoms with E-state index in [-0.39, 0.29) is 12.0 Å². The van der Waals surface area contributed by atoms with Crippen LogP contribution in [0, 0.1) is 6.92 Å².